The molecule has 0 spiro atoms. The number of nitrogens with zero attached hydrogens (tertiary/aromatic N) is 1. The van der Waals surface area contributed by atoms with Crippen molar-refractivity contribution in [3.8, 4) is 0 Å². The Morgan fingerprint density at radius 3 is 2.65 bits per heavy atom. The summed E-state index contributed by atoms with van der Waals surface area (Å²) in [5, 5.41) is 19.0. The van der Waals surface area contributed by atoms with Gasteiger partial charge in [-0.15, -0.1) is 0 Å². The third-order valence-electron chi connectivity index (χ3n) is 3.13. The lowest BCUT2D eigenvalue weighted by Crippen LogP contribution is -2.30. The molecule has 1 aliphatic heterocycles. The van der Waals surface area contributed by atoms with Gasteiger partial charge in [-0.25, -0.2) is 0 Å². The van der Waals surface area contributed by atoms with Crippen LogP contribution >= 0.6 is 0 Å². The molecule has 1 heterocycles. The largest absolute Gasteiger partial charge is 0.396 e. The first-order valence-corrected chi connectivity index (χ1v) is 5.82. The van der Waals surface area contributed by atoms with Crippen molar-refractivity contribution in [1.82, 2.24) is 4.90 Å². The Hall–Kier alpha value is -1.39. The van der Waals surface area contributed by atoms with Crippen molar-refractivity contribution < 1.29 is 15.0 Å². The number of hydrogen-bond acceptors (Lipinski definition) is 3. The van der Waals surface area contributed by atoms with Gasteiger partial charge in [0.25, 0.3) is 0 Å². The van der Waals surface area contributed by atoms with E-state index in [9.17, 15) is 9.90 Å². The van der Waals surface area contributed by atoms with E-state index in [1.165, 1.54) is 0 Å². The molecule has 2 rings (SSSR count). The first-order chi connectivity index (χ1) is 8.20. The van der Waals surface area contributed by atoms with E-state index in [-0.39, 0.29) is 18.4 Å². The van der Waals surface area contributed by atoms with Crippen LogP contribution in [0, 0.1) is 5.92 Å². The number of aliphatic hydroxyl groups is 2. The van der Waals surface area contributed by atoms with E-state index in [0.717, 1.165) is 5.56 Å². The van der Waals surface area contributed by atoms with E-state index >= 15 is 0 Å². The lowest BCUT2D eigenvalue weighted by molar-refractivity contribution is -0.129. The Kier molecular flexibility index (Phi) is 3.76. The van der Waals surface area contributed by atoms with E-state index in [0.29, 0.717) is 19.5 Å². The van der Waals surface area contributed by atoms with Crippen LogP contribution in [0.5, 0.6) is 0 Å². The van der Waals surface area contributed by atoms with Gasteiger partial charge < -0.3 is 15.1 Å². The Morgan fingerprint density at radius 1 is 1.35 bits per heavy atom. The molecule has 1 aromatic carbocycles. The van der Waals surface area contributed by atoms with Crippen molar-refractivity contribution >= 4 is 5.91 Å². The van der Waals surface area contributed by atoms with Gasteiger partial charge in [-0.1, -0.05) is 30.3 Å². The van der Waals surface area contributed by atoms with Crippen LogP contribution in [0.1, 0.15) is 18.1 Å². The number of rotatable bonds is 4. The molecule has 0 aromatic heterocycles. The number of carbonyl (C=O) groups excluding carboxylic acids is 1. The van der Waals surface area contributed by atoms with Crippen LogP contribution in [0.15, 0.2) is 30.3 Å². The third-order valence-corrected chi connectivity index (χ3v) is 3.13. The zero-order chi connectivity index (χ0) is 12.3. The summed E-state index contributed by atoms with van der Waals surface area (Å²) in [6.07, 6.45) is -0.268. The summed E-state index contributed by atoms with van der Waals surface area (Å²) in [7, 11) is 0. The maximum atomic E-state index is 11.6. The average molecular weight is 235 g/mol. The quantitative estimate of drug-likeness (QED) is 0.801. The molecule has 1 saturated heterocycles. The van der Waals surface area contributed by atoms with Gasteiger partial charge in [-0.2, -0.15) is 0 Å². The normalized spacial score (nSPS) is 21.9. The Morgan fingerprint density at radius 2 is 2.06 bits per heavy atom. The summed E-state index contributed by atoms with van der Waals surface area (Å²) in [5.74, 6) is 0.0319. The van der Waals surface area contributed by atoms with Gasteiger partial charge in [0.1, 0.15) is 0 Å². The van der Waals surface area contributed by atoms with Crippen molar-refractivity contribution in [3.05, 3.63) is 35.9 Å². The number of β-amino-alcohol motifs (C(OH)–C–C–N with tert-alkyl or cyclic N) is 1. The van der Waals surface area contributed by atoms with Crippen molar-refractivity contribution in [3.63, 3.8) is 0 Å². The fourth-order valence-electron chi connectivity index (χ4n) is 2.14. The molecule has 1 fully saturated rings. The van der Waals surface area contributed by atoms with Gasteiger partial charge in [0.05, 0.1) is 12.6 Å². The monoisotopic (exact) mass is 235 g/mol. The number of hydrogen-bond donors (Lipinski definition) is 2. The minimum atomic E-state index is -0.655. The van der Waals surface area contributed by atoms with Crippen LogP contribution in [0.25, 0.3) is 0 Å². The zero-order valence-electron chi connectivity index (χ0n) is 9.62. The molecule has 1 amide bonds. The first-order valence-electron chi connectivity index (χ1n) is 5.82. The van der Waals surface area contributed by atoms with Crippen molar-refractivity contribution in [2.75, 3.05) is 19.7 Å². The summed E-state index contributed by atoms with van der Waals surface area (Å²) >= 11 is 0. The summed E-state index contributed by atoms with van der Waals surface area (Å²) in [5.41, 5.74) is 0.813. The summed E-state index contributed by atoms with van der Waals surface area (Å²) in [6.45, 7) is 0.877. The SMILES string of the molecule is O=C1CC(CO)CN1CC(O)c1ccccc1. The van der Waals surface area contributed by atoms with E-state index in [2.05, 4.69) is 0 Å². The van der Waals surface area contributed by atoms with Gasteiger partial charge >= 0.3 is 0 Å². The highest BCUT2D eigenvalue weighted by atomic mass is 16.3. The number of benzene rings is 1. The van der Waals surface area contributed by atoms with Crippen LogP contribution in [-0.2, 0) is 4.79 Å². The molecule has 4 nitrogen and oxygen atoms in total. The topological polar surface area (TPSA) is 60.8 Å². The number of likely N-dealkylation sites (tertiary alicyclic amines) is 1. The number of carbonyl (C=O) groups is 1. The van der Waals surface area contributed by atoms with Crippen LogP contribution in [0.3, 0.4) is 0 Å². The molecule has 92 valence electrons. The van der Waals surface area contributed by atoms with E-state index in [1.54, 1.807) is 4.90 Å². The third kappa shape index (κ3) is 2.84. The van der Waals surface area contributed by atoms with Crippen LogP contribution in [0.4, 0.5) is 0 Å². The highest BCUT2D eigenvalue weighted by Gasteiger charge is 2.30. The number of aliphatic hydroxyl groups excluding tert-OH is 2. The van der Waals surface area contributed by atoms with E-state index in [4.69, 9.17) is 5.11 Å². The fraction of sp³-hybridized carbons (Fsp3) is 0.462. The molecule has 0 aliphatic carbocycles. The molecular formula is C13H17NO3. The van der Waals surface area contributed by atoms with Crippen molar-refractivity contribution in [2.24, 2.45) is 5.92 Å². The van der Waals surface area contributed by atoms with E-state index < -0.39 is 6.10 Å². The second-order valence-electron chi connectivity index (χ2n) is 4.48. The smallest absolute Gasteiger partial charge is 0.223 e. The van der Waals surface area contributed by atoms with Crippen LogP contribution in [0.2, 0.25) is 0 Å². The summed E-state index contributed by atoms with van der Waals surface area (Å²) in [4.78, 5) is 13.2. The molecular weight excluding hydrogens is 218 g/mol. The predicted octanol–water partition coefficient (Wildman–Crippen LogP) is 0.561. The molecule has 1 aromatic rings. The highest BCUT2D eigenvalue weighted by molar-refractivity contribution is 5.78. The molecule has 17 heavy (non-hydrogen) atoms. The molecule has 4 heteroatoms. The van der Waals surface area contributed by atoms with Gasteiger partial charge in [0.15, 0.2) is 0 Å². The average Bonchev–Trinajstić information content (AvgIpc) is 2.71. The lowest BCUT2D eigenvalue weighted by atomic mass is 10.1. The fourth-order valence-corrected chi connectivity index (χ4v) is 2.14. The molecule has 2 atom stereocenters. The summed E-state index contributed by atoms with van der Waals surface area (Å²) in [6, 6.07) is 9.30. The summed E-state index contributed by atoms with van der Waals surface area (Å²) < 4.78 is 0. The predicted molar refractivity (Wildman–Crippen MR) is 63.2 cm³/mol. The maximum absolute atomic E-state index is 11.6. The molecule has 0 radical (unpaired) electrons. The number of amides is 1. The molecule has 2 N–H and O–H groups in total. The minimum absolute atomic E-state index is 0.0130. The first kappa shape index (κ1) is 12.1. The van der Waals surface area contributed by atoms with Crippen molar-refractivity contribution in [1.29, 1.82) is 0 Å². The standard InChI is InChI=1S/C13H17NO3/c15-9-10-6-13(17)14(7-10)8-12(16)11-4-2-1-3-5-11/h1-5,10,12,15-16H,6-9H2. The molecule has 1 aliphatic rings. The molecule has 2 unspecified atom stereocenters. The van der Waals surface area contributed by atoms with Gasteiger partial charge in [-0.05, 0) is 5.56 Å². The van der Waals surface area contributed by atoms with E-state index in [1.807, 2.05) is 30.3 Å². The lowest BCUT2D eigenvalue weighted by Gasteiger charge is -2.20. The molecule has 0 bridgehead atoms. The second-order valence-corrected chi connectivity index (χ2v) is 4.48. The van der Waals surface area contributed by atoms with Gasteiger partial charge in [-0.3, -0.25) is 4.79 Å². The van der Waals surface area contributed by atoms with Gasteiger partial charge in [0.2, 0.25) is 5.91 Å². The van der Waals surface area contributed by atoms with Crippen molar-refractivity contribution in [2.45, 2.75) is 12.5 Å². The Labute approximate surface area is 100 Å². The maximum Gasteiger partial charge on any atom is 0.223 e. The Bertz CT molecular complexity index is 380. The second kappa shape index (κ2) is 5.29. The molecule has 0 saturated carbocycles. The zero-order valence-corrected chi connectivity index (χ0v) is 9.62. The van der Waals surface area contributed by atoms with Crippen LogP contribution in [-0.4, -0.2) is 40.7 Å². The van der Waals surface area contributed by atoms with Crippen LogP contribution < -0.4 is 0 Å². The minimum Gasteiger partial charge on any atom is -0.396 e. The highest BCUT2D eigenvalue weighted by Crippen LogP contribution is 2.21. The Balaban J connectivity index is 1.95. The van der Waals surface area contributed by atoms with Gasteiger partial charge in [0, 0.05) is 25.5 Å².